The molecule has 3 nitrogen and oxygen atoms in total. The van der Waals surface area contributed by atoms with E-state index in [1.165, 1.54) is 5.56 Å². The molecule has 0 spiro atoms. The van der Waals surface area contributed by atoms with Gasteiger partial charge in [0.1, 0.15) is 0 Å². The van der Waals surface area contributed by atoms with Crippen LogP contribution in [0.2, 0.25) is 0 Å². The molecule has 0 aliphatic heterocycles. The maximum absolute atomic E-state index is 12.7. The van der Waals surface area contributed by atoms with Crippen LogP contribution in [-0.2, 0) is 4.79 Å². The second kappa shape index (κ2) is 7.28. The highest BCUT2D eigenvalue weighted by Gasteiger charge is 2.18. The number of aryl methyl sites for hydroxylation is 3. The lowest BCUT2D eigenvalue weighted by Gasteiger charge is -2.16. The summed E-state index contributed by atoms with van der Waals surface area (Å²) in [7, 11) is 0. The molecule has 0 saturated heterocycles. The molecule has 4 heteroatoms. The van der Waals surface area contributed by atoms with Gasteiger partial charge >= 0.3 is 0 Å². The van der Waals surface area contributed by atoms with Crippen LogP contribution in [0, 0.1) is 20.8 Å². The van der Waals surface area contributed by atoms with Crippen molar-refractivity contribution in [1.82, 2.24) is 4.98 Å². The molecule has 3 rings (SSSR count). The van der Waals surface area contributed by atoms with E-state index in [1.54, 1.807) is 18.0 Å². The Bertz CT molecular complexity index is 908. The van der Waals surface area contributed by atoms with Gasteiger partial charge in [-0.2, -0.15) is 0 Å². The van der Waals surface area contributed by atoms with E-state index in [2.05, 4.69) is 29.4 Å². The minimum absolute atomic E-state index is 0.00740. The van der Waals surface area contributed by atoms with Crippen molar-refractivity contribution >= 4 is 34.3 Å². The monoisotopic (exact) mass is 350 g/mol. The summed E-state index contributed by atoms with van der Waals surface area (Å²) < 4.78 is 0. The summed E-state index contributed by atoms with van der Waals surface area (Å²) in [5.41, 5.74) is 5.25. The SMILES string of the molecule is Cc1cc(C)c(NC(=O)C(C)Sc2cccc3cccnc23)c(C)c1. The van der Waals surface area contributed by atoms with Crippen molar-refractivity contribution in [2.75, 3.05) is 5.32 Å². The van der Waals surface area contributed by atoms with Gasteiger partial charge in [0.2, 0.25) is 5.91 Å². The van der Waals surface area contributed by atoms with E-state index in [-0.39, 0.29) is 11.2 Å². The van der Waals surface area contributed by atoms with Gasteiger partial charge in [0.15, 0.2) is 0 Å². The summed E-state index contributed by atoms with van der Waals surface area (Å²) in [6.45, 7) is 8.06. The zero-order valence-electron chi connectivity index (χ0n) is 15.0. The number of para-hydroxylation sites is 1. The predicted molar refractivity (Wildman–Crippen MR) is 106 cm³/mol. The molecule has 1 unspecified atom stereocenters. The summed E-state index contributed by atoms with van der Waals surface area (Å²) in [5.74, 6) is 0.00740. The van der Waals surface area contributed by atoms with Gasteiger partial charge in [0.25, 0.3) is 0 Å². The van der Waals surface area contributed by atoms with Gasteiger partial charge in [-0.25, -0.2) is 0 Å². The average Bonchev–Trinajstić information content (AvgIpc) is 2.58. The Labute approximate surface area is 152 Å². The van der Waals surface area contributed by atoms with Crippen molar-refractivity contribution in [3.8, 4) is 0 Å². The zero-order valence-corrected chi connectivity index (χ0v) is 15.8. The van der Waals surface area contributed by atoms with E-state index >= 15 is 0 Å². The van der Waals surface area contributed by atoms with E-state index in [1.807, 2.05) is 51.1 Å². The zero-order chi connectivity index (χ0) is 18.0. The number of pyridine rings is 1. The first kappa shape index (κ1) is 17.5. The number of hydrogen-bond acceptors (Lipinski definition) is 3. The van der Waals surface area contributed by atoms with Crippen LogP contribution in [0.1, 0.15) is 23.6 Å². The number of thioether (sulfide) groups is 1. The van der Waals surface area contributed by atoms with Crippen LogP contribution in [0.4, 0.5) is 5.69 Å². The van der Waals surface area contributed by atoms with Crippen molar-refractivity contribution in [3.63, 3.8) is 0 Å². The highest BCUT2D eigenvalue weighted by atomic mass is 32.2. The molecule has 0 aliphatic rings. The van der Waals surface area contributed by atoms with Gasteiger partial charge in [-0.05, 0) is 51.0 Å². The van der Waals surface area contributed by atoms with Crippen LogP contribution in [0.15, 0.2) is 53.6 Å². The molecule has 0 bridgehead atoms. The molecular formula is C21H22N2OS. The van der Waals surface area contributed by atoms with Gasteiger partial charge in [0, 0.05) is 22.2 Å². The summed E-state index contributed by atoms with van der Waals surface area (Å²) in [5, 5.41) is 3.97. The molecular weight excluding hydrogens is 328 g/mol. The Kier molecular flexibility index (Phi) is 5.09. The number of nitrogens with zero attached hydrogens (tertiary/aromatic N) is 1. The van der Waals surface area contributed by atoms with Crippen LogP contribution in [0.5, 0.6) is 0 Å². The standard InChI is InChI=1S/C21H22N2OS/c1-13-11-14(2)19(15(3)12-13)23-21(24)16(4)25-18-9-5-7-17-8-6-10-22-20(17)18/h5-12,16H,1-4H3,(H,23,24). The van der Waals surface area contributed by atoms with E-state index in [9.17, 15) is 4.79 Å². The molecule has 25 heavy (non-hydrogen) atoms. The van der Waals surface area contributed by atoms with Crippen LogP contribution in [0.3, 0.4) is 0 Å². The van der Waals surface area contributed by atoms with E-state index < -0.39 is 0 Å². The maximum atomic E-state index is 12.7. The number of hydrogen-bond donors (Lipinski definition) is 1. The third-order valence-corrected chi connectivity index (χ3v) is 5.34. The molecule has 0 saturated carbocycles. The van der Waals surface area contributed by atoms with Gasteiger partial charge in [-0.1, -0.05) is 35.9 Å². The maximum Gasteiger partial charge on any atom is 0.237 e. The highest BCUT2D eigenvalue weighted by Crippen LogP contribution is 2.30. The molecule has 1 heterocycles. The van der Waals surface area contributed by atoms with E-state index in [0.717, 1.165) is 32.6 Å². The molecule has 128 valence electrons. The topological polar surface area (TPSA) is 42.0 Å². The summed E-state index contributed by atoms with van der Waals surface area (Å²) in [6.07, 6.45) is 1.79. The largest absolute Gasteiger partial charge is 0.325 e. The fraction of sp³-hybridized carbons (Fsp3) is 0.238. The minimum atomic E-state index is -0.215. The molecule has 1 atom stereocenters. The molecule has 1 amide bonds. The number of anilines is 1. The number of rotatable bonds is 4. The molecule has 0 aliphatic carbocycles. The molecule has 2 aromatic carbocycles. The van der Waals surface area contributed by atoms with Crippen molar-refractivity contribution in [1.29, 1.82) is 0 Å². The number of nitrogens with one attached hydrogen (secondary N) is 1. The number of benzene rings is 2. The summed E-state index contributed by atoms with van der Waals surface area (Å²) in [6, 6.07) is 14.2. The Morgan fingerprint density at radius 3 is 2.48 bits per heavy atom. The number of amides is 1. The van der Waals surface area contributed by atoms with Crippen LogP contribution < -0.4 is 5.32 Å². The van der Waals surface area contributed by atoms with Crippen molar-refractivity contribution < 1.29 is 4.79 Å². The Morgan fingerprint density at radius 1 is 1.08 bits per heavy atom. The highest BCUT2D eigenvalue weighted by molar-refractivity contribution is 8.00. The lowest BCUT2D eigenvalue weighted by atomic mass is 10.1. The number of fused-ring (bicyclic) bond motifs is 1. The van der Waals surface area contributed by atoms with Crippen molar-refractivity contribution in [3.05, 3.63) is 65.4 Å². The smallest absolute Gasteiger partial charge is 0.237 e. The first-order valence-electron chi connectivity index (χ1n) is 8.35. The van der Waals surface area contributed by atoms with Gasteiger partial charge < -0.3 is 5.32 Å². The molecule has 0 radical (unpaired) electrons. The molecule has 3 aromatic rings. The second-order valence-electron chi connectivity index (χ2n) is 6.35. The Morgan fingerprint density at radius 2 is 1.76 bits per heavy atom. The molecule has 0 fully saturated rings. The molecule has 1 N–H and O–H groups in total. The molecule has 1 aromatic heterocycles. The third kappa shape index (κ3) is 3.85. The average molecular weight is 350 g/mol. The fourth-order valence-corrected chi connectivity index (χ4v) is 4.00. The first-order valence-corrected chi connectivity index (χ1v) is 9.23. The number of carbonyl (C=O) groups excluding carboxylic acids is 1. The second-order valence-corrected chi connectivity index (χ2v) is 7.74. The lowest BCUT2D eigenvalue weighted by molar-refractivity contribution is -0.115. The Balaban J connectivity index is 1.79. The summed E-state index contributed by atoms with van der Waals surface area (Å²) in [4.78, 5) is 18.2. The summed E-state index contributed by atoms with van der Waals surface area (Å²) >= 11 is 1.54. The number of carbonyl (C=O) groups is 1. The van der Waals surface area contributed by atoms with Crippen LogP contribution in [0.25, 0.3) is 10.9 Å². The van der Waals surface area contributed by atoms with Crippen LogP contribution in [-0.4, -0.2) is 16.1 Å². The minimum Gasteiger partial charge on any atom is -0.325 e. The van der Waals surface area contributed by atoms with Gasteiger partial charge in [-0.15, -0.1) is 11.8 Å². The fourth-order valence-electron chi connectivity index (χ4n) is 3.02. The van der Waals surface area contributed by atoms with E-state index in [4.69, 9.17) is 0 Å². The van der Waals surface area contributed by atoms with Gasteiger partial charge in [-0.3, -0.25) is 9.78 Å². The van der Waals surface area contributed by atoms with E-state index in [0.29, 0.717) is 0 Å². The predicted octanol–water partition coefficient (Wildman–Crippen LogP) is 5.28. The lowest BCUT2D eigenvalue weighted by Crippen LogP contribution is -2.23. The van der Waals surface area contributed by atoms with Crippen molar-refractivity contribution in [2.24, 2.45) is 0 Å². The quantitative estimate of drug-likeness (QED) is 0.651. The van der Waals surface area contributed by atoms with Gasteiger partial charge in [0.05, 0.1) is 10.8 Å². The van der Waals surface area contributed by atoms with Crippen LogP contribution >= 0.6 is 11.8 Å². The number of aromatic nitrogens is 1. The van der Waals surface area contributed by atoms with Crippen molar-refractivity contribution in [2.45, 2.75) is 37.8 Å². The normalized spacial score (nSPS) is 12.2. The first-order chi connectivity index (χ1) is 12.0. The Hall–Kier alpha value is -2.33. The third-order valence-electron chi connectivity index (χ3n) is 4.19.